The Morgan fingerprint density at radius 1 is 0.941 bits per heavy atom. The average molecular weight is 488 g/mol. The summed E-state index contributed by atoms with van der Waals surface area (Å²) in [6.45, 7) is 0.0698. The van der Waals surface area contributed by atoms with Crippen molar-refractivity contribution in [3.8, 4) is 11.5 Å². The van der Waals surface area contributed by atoms with Gasteiger partial charge in [-0.05, 0) is 65.9 Å². The Hall–Kier alpha value is -3.79. The van der Waals surface area contributed by atoms with E-state index in [0.717, 1.165) is 28.8 Å². The van der Waals surface area contributed by atoms with Crippen LogP contribution in [0.5, 0.6) is 11.5 Å². The van der Waals surface area contributed by atoms with E-state index in [1.54, 1.807) is 48.5 Å². The van der Waals surface area contributed by atoms with Gasteiger partial charge in [0.1, 0.15) is 23.9 Å². The molecule has 1 heterocycles. The Kier molecular flexibility index (Phi) is 6.60. The monoisotopic (exact) mass is 488 g/mol. The molecule has 1 aliphatic rings. The van der Waals surface area contributed by atoms with Gasteiger partial charge in [-0.3, -0.25) is 15.1 Å². The molecule has 3 aromatic rings. The molecule has 1 amide bonds. The molecular formula is C24H16F4N2O3S. The van der Waals surface area contributed by atoms with Crippen LogP contribution in [0.4, 0.5) is 23.2 Å². The summed E-state index contributed by atoms with van der Waals surface area (Å²) in [5, 5.41) is 8.04. The predicted molar refractivity (Wildman–Crippen MR) is 121 cm³/mol. The largest absolute Gasteiger partial charge is 0.573 e. The third-order valence-corrected chi connectivity index (χ3v) is 5.57. The molecule has 0 radical (unpaired) electrons. The first-order chi connectivity index (χ1) is 16.2. The van der Waals surface area contributed by atoms with Crippen LogP contribution < -0.4 is 14.4 Å². The zero-order valence-electron chi connectivity index (χ0n) is 17.3. The molecule has 1 N–H and O–H groups in total. The average Bonchev–Trinajstić information content (AvgIpc) is 3.06. The standard InChI is InChI=1S/C24H16F4N2O3S/c25-20-4-2-1-3-16(20)14-32-18-9-5-15(6-10-18)13-21-22(31)30(23(29)34-21)17-7-11-19(12-8-17)33-24(26,27)28/h1-13,29H,14H2. The van der Waals surface area contributed by atoms with Crippen LogP contribution in [0.15, 0.2) is 77.7 Å². The first-order valence-electron chi connectivity index (χ1n) is 9.84. The maximum Gasteiger partial charge on any atom is 0.573 e. The van der Waals surface area contributed by atoms with Crippen LogP contribution >= 0.6 is 11.8 Å². The molecule has 10 heteroatoms. The summed E-state index contributed by atoms with van der Waals surface area (Å²) in [5.41, 5.74) is 1.35. The Morgan fingerprint density at radius 2 is 1.59 bits per heavy atom. The summed E-state index contributed by atoms with van der Waals surface area (Å²) in [5.74, 6) is -0.726. The van der Waals surface area contributed by atoms with Crippen molar-refractivity contribution in [3.05, 3.63) is 94.6 Å². The molecule has 34 heavy (non-hydrogen) atoms. The lowest BCUT2D eigenvalue weighted by Gasteiger charge is -2.15. The van der Waals surface area contributed by atoms with Gasteiger partial charge in [-0.2, -0.15) is 0 Å². The lowest BCUT2D eigenvalue weighted by Crippen LogP contribution is -2.28. The van der Waals surface area contributed by atoms with Crippen LogP contribution in [0, 0.1) is 11.2 Å². The number of alkyl halides is 3. The van der Waals surface area contributed by atoms with Gasteiger partial charge in [0.05, 0.1) is 10.6 Å². The van der Waals surface area contributed by atoms with Crippen LogP contribution in [0.2, 0.25) is 0 Å². The second-order valence-corrected chi connectivity index (χ2v) is 8.08. The van der Waals surface area contributed by atoms with Crippen molar-refractivity contribution >= 4 is 34.6 Å². The van der Waals surface area contributed by atoms with E-state index in [0.29, 0.717) is 16.9 Å². The van der Waals surface area contributed by atoms with Crippen LogP contribution in [0.3, 0.4) is 0 Å². The zero-order valence-corrected chi connectivity index (χ0v) is 18.1. The quantitative estimate of drug-likeness (QED) is 0.324. The van der Waals surface area contributed by atoms with Gasteiger partial charge >= 0.3 is 6.36 Å². The molecule has 1 saturated heterocycles. The van der Waals surface area contributed by atoms with Crippen LogP contribution in [0.25, 0.3) is 6.08 Å². The smallest absolute Gasteiger partial charge is 0.489 e. The van der Waals surface area contributed by atoms with Gasteiger partial charge in [0.2, 0.25) is 0 Å². The van der Waals surface area contributed by atoms with Crippen LogP contribution in [0.1, 0.15) is 11.1 Å². The lowest BCUT2D eigenvalue weighted by molar-refractivity contribution is -0.274. The Balaban J connectivity index is 1.43. The number of carbonyl (C=O) groups excluding carboxylic acids is 1. The van der Waals surface area contributed by atoms with Gasteiger partial charge in [0.25, 0.3) is 5.91 Å². The first-order valence-corrected chi connectivity index (χ1v) is 10.7. The Bertz CT molecular complexity index is 1240. The van der Waals surface area contributed by atoms with Crippen molar-refractivity contribution in [1.29, 1.82) is 5.41 Å². The molecule has 0 saturated carbocycles. The lowest BCUT2D eigenvalue weighted by atomic mass is 10.2. The highest BCUT2D eigenvalue weighted by atomic mass is 32.2. The number of amidine groups is 1. The van der Waals surface area contributed by atoms with E-state index < -0.39 is 18.0 Å². The Labute approximate surface area is 196 Å². The molecule has 3 aromatic carbocycles. The summed E-state index contributed by atoms with van der Waals surface area (Å²) in [7, 11) is 0. The van der Waals surface area contributed by atoms with Gasteiger partial charge < -0.3 is 9.47 Å². The number of nitrogens with zero attached hydrogens (tertiary/aromatic N) is 1. The zero-order chi connectivity index (χ0) is 24.3. The maximum atomic E-state index is 13.7. The number of rotatable bonds is 6. The fourth-order valence-corrected chi connectivity index (χ4v) is 3.97. The molecule has 5 nitrogen and oxygen atoms in total. The number of hydrogen-bond donors (Lipinski definition) is 1. The molecule has 1 fully saturated rings. The van der Waals surface area contributed by atoms with Gasteiger partial charge in [0, 0.05) is 5.56 Å². The second kappa shape index (κ2) is 9.60. The SMILES string of the molecule is N=C1SC(=Cc2ccc(OCc3ccccc3F)cc2)C(=O)N1c1ccc(OC(F)(F)F)cc1. The van der Waals surface area contributed by atoms with E-state index >= 15 is 0 Å². The van der Waals surface area contributed by atoms with Crippen molar-refractivity contribution in [1.82, 2.24) is 0 Å². The molecule has 1 aliphatic heterocycles. The third-order valence-electron chi connectivity index (χ3n) is 4.68. The van der Waals surface area contributed by atoms with E-state index in [4.69, 9.17) is 10.1 Å². The summed E-state index contributed by atoms with van der Waals surface area (Å²) in [4.78, 5) is 14.2. The summed E-state index contributed by atoms with van der Waals surface area (Å²) in [6, 6.07) is 17.8. The number of nitrogens with one attached hydrogen (secondary N) is 1. The predicted octanol–water partition coefficient (Wildman–Crippen LogP) is 6.36. The minimum atomic E-state index is -4.82. The fourth-order valence-electron chi connectivity index (χ4n) is 3.11. The third kappa shape index (κ3) is 5.57. The minimum Gasteiger partial charge on any atom is -0.489 e. The van der Waals surface area contributed by atoms with Gasteiger partial charge in [-0.1, -0.05) is 30.3 Å². The molecular weight excluding hydrogens is 472 g/mol. The number of benzene rings is 3. The van der Waals surface area contributed by atoms with Gasteiger partial charge in [-0.15, -0.1) is 13.2 Å². The highest BCUT2D eigenvalue weighted by Gasteiger charge is 2.34. The number of ether oxygens (including phenoxy) is 2. The minimum absolute atomic E-state index is 0.0698. The van der Waals surface area contributed by atoms with Crippen LogP contribution in [-0.4, -0.2) is 17.4 Å². The molecule has 0 unspecified atom stereocenters. The van der Waals surface area contributed by atoms with Crippen molar-refractivity contribution < 1.29 is 31.8 Å². The van der Waals surface area contributed by atoms with Gasteiger partial charge in [-0.25, -0.2) is 4.39 Å². The summed E-state index contributed by atoms with van der Waals surface area (Å²) < 4.78 is 60.1. The van der Waals surface area contributed by atoms with Crippen molar-refractivity contribution in [2.24, 2.45) is 0 Å². The number of halogens is 4. The number of carbonyl (C=O) groups is 1. The molecule has 0 spiro atoms. The molecule has 4 rings (SSSR count). The van der Waals surface area contributed by atoms with E-state index in [9.17, 15) is 22.4 Å². The van der Waals surface area contributed by atoms with E-state index in [-0.39, 0.29) is 28.2 Å². The topological polar surface area (TPSA) is 62.6 Å². The number of anilines is 1. The highest BCUT2D eigenvalue weighted by Crippen LogP contribution is 2.36. The van der Waals surface area contributed by atoms with E-state index in [2.05, 4.69) is 4.74 Å². The Morgan fingerprint density at radius 3 is 2.24 bits per heavy atom. The van der Waals surface area contributed by atoms with Crippen LogP contribution in [-0.2, 0) is 11.4 Å². The normalized spacial score (nSPS) is 15.2. The summed E-state index contributed by atoms with van der Waals surface area (Å²) in [6.07, 6.45) is -3.22. The molecule has 174 valence electrons. The number of thioether (sulfide) groups is 1. The fraction of sp³-hybridized carbons (Fsp3) is 0.0833. The van der Waals surface area contributed by atoms with Crippen molar-refractivity contribution in [2.75, 3.05) is 4.90 Å². The molecule has 0 atom stereocenters. The van der Waals surface area contributed by atoms with E-state index in [1.807, 2.05) is 0 Å². The number of hydrogen-bond acceptors (Lipinski definition) is 5. The second-order valence-electron chi connectivity index (χ2n) is 7.05. The number of amides is 1. The van der Waals surface area contributed by atoms with Crippen molar-refractivity contribution in [2.45, 2.75) is 13.0 Å². The van der Waals surface area contributed by atoms with E-state index in [1.165, 1.54) is 18.2 Å². The molecule has 0 bridgehead atoms. The molecule has 0 aromatic heterocycles. The van der Waals surface area contributed by atoms with Crippen molar-refractivity contribution in [3.63, 3.8) is 0 Å². The summed E-state index contributed by atoms with van der Waals surface area (Å²) >= 11 is 0.936. The maximum absolute atomic E-state index is 13.7. The highest BCUT2D eigenvalue weighted by molar-refractivity contribution is 8.19. The van der Waals surface area contributed by atoms with Gasteiger partial charge in [0.15, 0.2) is 5.17 Å². The molecule has 0 aliphatic carbocycles. The first kappa shape index (κ1) is 23.4.